The van der Waals surface area contributed by atoms with Gasteiger partial charge in [-0.3, -0.25) is 14.4 Å². The van der Waals surface area contributed by atoms with Crippen LogP contribution in [0.2, 0.25) is 0 Å². The summed E-state index contributed by atoms with van der Waals surface area (Å²) in [7, 11) is 0. The minimum atomic E-state index is -1.40. The first-order valence-corrected chi connectivity index (χ1v) is 13.5. The average molecular weight is 589 g/mol. The Bertz CT molecular complexity index is 1480. The van der Waals surface area contributed by atoms with Crippen LogP contribution in [0.25, 0.3) is 11.2 Å². The number of nitrogens with zero attached hydrogens (tertiary/aromatic N) is 4. The molecule has 8 N–H and O–H groups in total. The molecule has 0 aliphatic carbocycles. The highest BCUT2D eigenvalue weighted by Crippen LogP contribution is 2.20. The highest BCUT2D eigenvalue weighted by atomic mass is 32.2. The molecular weight excluding hydrogens is 560 g/mol. The van der Waals surface area contributed by atoms with Crippen molar-refractivity contribution in [1.29, 1.82) is 0 Å². The third-order valence-electron chi connectivity index (χ3n) is 5.60. The molecular formula is C24H28N8O8S. The number of nitrogens with two attached hydrogens (primary N) is 2. The maximum atomic E-state index is 12.7. The van der Waals surface area contributed by atoms with Crippen LogP contribution in [0.1, 0.15) is 35.3 Å². The van der Waals surface area contributed by atoms with Gasteiger partial charge in [0.05, 0.1) is 17.6 Å². The van der Waals surface area contributed by atoms with E-state index in [1.165, 1.54) is 42.2 Å². The van der Waals surface area contributed by atoms with Crippen LogP contribution < -0.4 is 27.4 Å². The van der Waals surface area contributed by atoms with Gasteiger partial charge in [-0.2, -0.15) is 16.7 Å². The molecule has 2 aromatic heterocycles. The van der Waals surface area contributed by atoms with Gasteiger partial charge in [-0.1, -0.05) is 0 Å². The van der Waals surface area contributed by atoms with Crippen LogP contribution in [0.4, 0.5) is 11.6 Å². The molecule has 41 heavy (non-hydrogen) atoms. The highest BCUT2D eigenvalue weighted by molar-refractivity contribution is 7.98. The number of carboxylic acids is 2. The minimum Gasteiger partial charge on any atom is -0.481 e. The number of thioether (sulfide) groups is 1. The number of aromatic amines is 1. The molecule has 0 radical (unpaired) electrons. The van der Waals surface area contributed by atoms with Gasteiger partial charge in [-0.25, -0.2) is 24.6 Å². The lowest BCUT2D eigenvalue weighted by Crippen LogP contribution is -2.41. The second-order valence-corrected chi connectivity index (χ2v) is 9.65. The van der Waals surface area contributed by atoms with Gasteiger partial charge >= 0.3 is 23.5 Å². The van der Waals surface area contributed by atoms with Gasteiger partial charge in [0.25, 0.3) is 5.91 Å². The van der Waals surface area contributed by atoms with E-state index in [0.717, 1.165) is 5.06 Å². The number of aromatic nitrogens is 4. The van der Waals surface area contributed by atoms with Gasteiger partial charge in [0.15, 0.2) is 11.2 Å². The fraction of sp³-hybridized carbons (Fsp3) is 0.333. The van der Waals surface area contributed by atoms with E-state index in [0.29, 0.717) is 17.9 Å². The van der Waals surface area contributed by atoms with E-state index in [9.17, 15) is 29.1 Å². The fourth-order valence-corrected chi connectivity index (χ4v) is 3.95. The molecule has 0 saturated carbocycles. The van der Waals surface area contributed by atoms with Crippen LogP contribution in [0.5, 0.6) is 0 Å². The van der Waals surface area contributed by atoms with Crippen molar-refractivity contribution >= 4 is 58.4 Å². The fourth-order valence-electron chi connectivity index (χ4n) is 3.46. The quantitative estimate of drug-likeness (QED) is 0.134. The summed E-state index contributed by atoms with van der Waals surface area (Å²) in [5, 5.41) is 21.6. The lowest BCUT2D eigenvalue weighted by atomic mass is 10.1. The molecule has 0 spiro atoms. The number of carbonyl (C=O) groups is 4. The van der Waals surface area contributed by atoms with Crippen molar-refractivity contribution < 1.29 is 34.2 Å². The topological polar surface area (TPSA) is 257 Å². The van der Waals surface area contributed by atoms with Gasteiger partial charge in [-0.05, 0) is 49.1 Å². The summed E-state index contributed by atoms with van der Waals surface area (Å²) in [6.45, 7) is -0.171. The highest BCUT2D eigenvalue weighted by Gasteiger charge is 2.23. The molecule has 0 aliphatic heterocycles. The molecule has 16 nitrogen and oxygen atoms in total. The van der Waals surface area contributed by atoms with Crippen LogP contribution in [-0.2, 0) is 25.8 Å². The van der Waals surface area contributed by atoms with Gasteiger partial charge in [0.2, 0.25) is 5.95 Å². The van der Waals surface area contributed by atoms with Gasteiger partial charge in [-0.15, -0.1) is 0 Å². The first-order valence-electron chi connectivity index (χ1n) is 12.1. The van der Waals surface area contributed by atoms with Crippen molar-refractivity contribution in [3.05, 3.63) is 52.1 Å². The van der Waals surface area contributed by atoms with Crippen molar-refractivity contribution in [2.75, 3.05) is 22.8 Å². The number of amides is 1. The molecule has 3 rings (SSSR count). The number of nitrogens with one attached hydrogen (secondary N) is 2. The maximum absolute atomic E-state index is 12.7. The Morgan fingerprint density at radius 1 is 1.15 bits per heavy atom. The normalized spacial score (nSPS) is 12.3. The molecule has 3 aromatic rings. The first-order chi connectivity index (χ1) is 19.5. The Morgan fingerprint density at radius 3 is 2.49 bits per heavy atom. The molecule has 0 bridgehead atoms. The number of anilines is 2. The number of aliphatic carboxylic acids is 2. The van der Waals surface area contributed by atoms with Gasteiger partial charge < -0.3 is 36.8 Å². The Kier molecular flexibility index (Phi) is 10.5. The van der Waals surface area contributed by atoms with E-state index in [1.807, 2.05) is 6.26 Å². The number of hydrogen-bond acceptors (Lipinski definition) is 13. The number of hydrogen-bond donors (Lipinski definition) is 6. The van der Waals surface area contributed by atoms with E-state index < -0.39 is 47.9 Å². The summed E-state index contributed by atoms with van der Waals surface area (Å²) in [5.41, 5.74) is 11.4. The summed E-state index contributed by atoms with van der Waals surface area (Å²) in [6, 6.07) is 3.26. The van der Waals surface area contributed by atoms with E-state index in [1.54, 1.807) is 0 Å². The van der Waals surface area contributed by atoms with Crippen molar-refractivity contribution in [1.82, 2.24) is 25.3 Å². The molecule has 1 aromatic carbocycles. The summed E-state index contributed by atoms with van der Waals surface area (Å²) in [6.07, 6.45) is 2.83. The second-order valence-electron chi connectivity index (χ2n) is 8.66. The Morgan fingerprint density at radius 2 is 1.85 bits per heavy atom. The van der Waals surface area contributed by atoms with E-state index in [-0.39, 0.29) is 41.3 Å². The number of rotatable bonds is 14. The number of carbonyl (C=O) groups excluding carboxylic acids is 2. The predicted molar refractivity (Wildman–Crippen MR) is 148 cm³/mol. The molecule has 0 saturated heterocycles. The van der Waals surface area contributed by atoms with Crippen LogP contribution in [0.3, 0.4) is 0 Å². The zero-order valence-electron chi connectivity index (χ0n) is 21.8. The molecule has 17 heteroatoms. The maximum Gasteiger partial charge on any atom is 0.348 e. The molecule has 1 amide bonds. The SMILES string of the molecule is CSCC[C@H](N)C(=O)ON(Cc1cnc2[nH]c(N)nc(=O)c2n1)c1ccc(C(=O)N[C@@H](CCC(=O)O)C(=O)O)cc1. The largest absolute Gasteiger partial charge is 0.481 e. The minimum absolute atomic E-state index is 0.0685. The van der Waals surface area contributed by atoms with Crippen molar-refractivity contribution in [3.63, 3.8) is 0 Å². The number of nitrogen functional groups attached to an aromatic ring is 1. The molecule has 218 valence electrons. The van der Waals surface area contributed by atoms with Crippen LogP contribution >= 0.6 is 11.8 Å². The first kappa shape index (κ1) is 30.8. The molecule has 2 atom stereocenters. The van der Waals surface area contributed by atoms with E-state index >= 15 is 0 Å². The molecule has 0 unspecified atom stereocenters. The third kappa shape index (κ3) is 8.61. The predicted octanol–water partition coefficient (Wildman–Crippen LogP) is -0.112. The van der Waals surface area contributed by atoms with Gasteiger partial charge in [0.1, 0.15) is 18.6 Å². The Balaban J connectivity index is 1.85. The van der Waals surface area contributed by atoms with E-state index in [2.05, 4.69) is 25.3 Å². The average Bonchev–Trinajstić information content (AvgIpc) is 2.93. The molecule has 0 aliphatic rings. The zero-order chi connectivity index (χ0) is 30.1. The summed E-state index contributed by atoms with van der Waals surface area (Å²) < 4.78 is 0. The monoisotopic (exact) mass is 588 g/mol. The molecule has 2 heterocycles. The Labute approximate surface area is 236 Å². The summed E-state index contributed by atoms with van der Waals surface area (Å²) in [5.74, 6) is -3.55. The zero-order valence-corrected chi connectivity index (χ0v) is 22.6. The van der Waals surface area contributed by atoms with E-state index in [4.69, 9.17) is 21.4 Å². The van der Waals surface area contributed by atoms with Crippen molar-refractivity contribution in [2.24, 2.45) is 5.73 Å². The van der Waals surface area contributed by atoms with Gasteiger partial charge in [0, 0.05) is 12.0 Å². The van der Waals surface area contributed by atoms with Crippen LogP contribution in [0.15, 0.2) is 35.3 Å². The third-order valence-corrected chi connectivity index (χ3v) is 6.25. The van der Waals surface area contributed by atoms with Crippen LogP contribution in [0, 0.1) is 0 Å². The number of H-pyrrole nitrogens is 1. The standard InChI is InChI=1S/C24H28N8O8S/c1-41-9-8-15(25)23(39)40-32(11-13-10-27-19-18(28-13)21(36)31-24(26)30-19)14-4-2-12(3-5-14)20(35)29-16(22(37)38)6-7-17(33)34/h2-5,10,15-16H,6-9,11,25H2,1H3,(H,29,35)(H,33,34)(H,37,38)(H3,26,27,30,31,36)/t15-,16-/m0/s1. The number of fused-ring (bicyclic) bond motifs is 1. The molecule has 0 fully saturated rings. The number of hydroxylamine groups is 1. The lowest BCUT2D eigenvalue weighted by Gasteiger charge is -2.24. The Hall–Kier alpha value is -4.77. The summed E-state index contributed by atoms with van der Waals surface area (Å²) >= 11 is 1.51. The number of benzene rings is 1. The summed E-state index contributed by atoms with van der Waals surface area (Å²) in [4.78, 5) is 80.0. The number of carboxylic acid groups (broad SMARTS) is 2. The van der Waals surface area contributed by atoms with Crippen LogP contribution in [-0.4, -0.2) is 78.1 Å². The van der Waals surface area contributed by atoms with Crippen molar-refractivity contribution in [2.45, 2.75) is 37.9 Å². The second kappa shape index (κ2) is 14.0. The lowest BCUT2D eigenvalue weighted by molar-refractivity contribution is -0.147. The smallest absolute Gasteiger partial charge is 0.348 e. The van der Waals surface area contributed by atoms with Crippen molar-refractivity contribution in [3.8, 4) is 0 Å².